The quantitative estimate of drug-likeness (QED) is 0.606. The Morgan fingerprint density at radius 3 is 2.33 bits per heavy atom. The summed E-state index contributed by atoms with van der Waals surface area (Å²) in [6.45, 7) is 2.26. The first-order valence-corrected chi connectivity index (χ1v) is 8.23. The molecule has 0 saturated carbocycles. The molecule has 9 heteroatoms. The van der Waals surface area contributed by atoms with Crippen LogP contribution in [0.25, 0.3) is 0 Å². The smallest absolute Gasteiger partial charge is 0.272 e. The van der Waals surface area contributed by atoms with Crippen molar-refractivity contribution >= 4 is 17.3 Å². The van der Waals surface area contributed by atoms with E-state index in [9.17, 15) is 28.1 Å². The van der Waals surface area contributed by atoms with Gasteiger partial charge in [-0.25, -0.2) is 13.2 Å². The van der Waals surface area contributed by atoms with Crippen molar-refractivity contribution in [3.8, 4) is 0 Å². The van der Waals surface area contributed by atoms with Crippen LogP contribution >= 0.6 is 0 Å². The summed E-state index contributed by atoms with van der Waals surface area (Å²) >= 11 is 0. The number of halogens is 3. The van der Waals surface area contributed by atoms with Crippen molar-refractivity contribution in [1.82, 2.24) is 4.90 Å². The lowest BCUT2D eigenvalue weighted by Crippen LogP contribution is -2.54. The first-order chi connectivity index (χ1) is 12.8. The third kappa shape index (κ3) is 3.57. The molecule has 27 heavy (non-hydrogen) atoms. The van der Waals surface area contributed by atoms with Gasteiger partial charge in [0.15, 0.2) is 5.82 Å². The van der Waals surface area contributed by atoms with Crippen molar-refractivity contribution < 1.29 is 22.9 Å². The Labute approximate surface area is 153 Å². The van der Waals surface area contributed by atoms with Gasteiger partial charge in [-0.3, -0.25) is 14.9 Å². The zero-order valence-corrected chi connectivity index (χ0v) is 14.4. The van der Waals surface area contributed by atoms with Gasteiger partial charge in [0.25, 0.3) is 11.6 Å². The summed E-state index contributed by atoms with van der Waals surface area (Å²) in [5.41, 5.74) is -0.788. The van der Waals surface area contributed by atoms with E-state index < -0.39 is 39.9 Å². The molecule has 3 rings (SSSR count). The first kappa shape index (κ1) is 18.7. The Morgan fingerprint density at radius 1 is 1.11 bits per heavy atom. The zero-order chi connectivity index (χ0) is 19.7. The summed E-state index contributed by atoms with van der Waals surface area (Å²) in [7, 11) is 0. The molecule has 6 nitrogen and oxygen atoms in total. The number of hydrogen-bond donors (Lipinski definition) is 0. The van der Waals surface area contributed by atoms with Crippen molar-refractivity contribution in [3.05, 3.63) is 69.5 Å². The van der Waals surface area contributed by atoms with E-state index in [0.717, 1.165) is 18.2 Å². The lowest BCUT2D eigenvalue weighted by Gasteiger charge is -2.41. The number of anilines is 1. The number of carbonyl (C=O) groups is 1. The van der Waals surface area contributed by atoms with E-state index in [2.05, 4.69) is 0 Å². The van der Waals surface area contributed by atoms with Gasteiger partial charge in [-0.2, -0.15) is 0 Å². The van der Waals surface area contributed by atoms with Crippen LogP contribution in [-0.4, -0.2) is 41.4 Å². The maximum atomic E-state index is 14.2. The predicted molar refractivity (Wildman–Crippen MR) is 92.1 cm³/mol. The summed E-state index contributed by atoms with van der Waals surface area (Å²) in [5.74, 6) is -3.37. The average molecular weight is 379 g/mol. The number of non-ortho nitro benzene ring substituents is 1. The highest BCUT2D eigenvalue weighted by atomic mass is 19.1. The molecule has 2 aromatic carbocycles. The number of nitro groups is 1. The van der Waals surface area contributed by atoms with Gasteiger partial charge in [0.2, 0.25) is 0 Å². The number of nitrogens with zero attached hydrogens (tertiary/aromatic N) is 3. The fraction of sp³-hybridized carbons (Fsp3) is 0.278. The van der Waals surface area contributed by atoms with Crippen molar-refractivity contribution in [2.75, 3.05) is 24.5 Å². The topological polar surface area (TPSA) is 66.7 Å². The van der Waals surface area contributed by atoms with Crippen molar-refractivity contribution in [2.24, 2.45) is 0 Å². The van der Waals surface area contributed by atoms with Crippen LogP contribution in [0.15, 0.2) is 36.4 Å². The number of nitro benzene ring substituents is 1. The van der Waals surface area contributed by atoms with E-state index >= 15 is 0 Å². The molecule has 1 fully saturated rings. The van der Waals surface area contributed by atoms with Crippen LogP contribution in [0.5, 0.6) is 0 Å². The minimum atomic E-state index is -0.934. The van der Waals surface area contributed by atoms with Gasteiger partial charge < -0.3 is 9.80 Å². The second-order valence-electron chi connectivity index (χ2n) is 6.28. The molecule has 1 atom stereocenters. The van der Waals surface area contributed by atoms with Crippen LogP contribution in [-0.2, 0) is 0 Å². The number of amides is 1. The molecule has 0 unspecified atom stereocenters. The third-order valence-corrected chi connectivity index (χ3v) is 4.55. The Kier molecular flexibility index (Phi) is 5.02. The Bertz CT molecular complexity index is 886. The molecule has 142 valence electrons. The molecular weight excluding hydrogens is 363 g/mol. The minimum Gasteiger partial charge on any atom is -0.365 e. The molecule has 0 N–H and O–H groups in total. The molecule has 1 aliphatic heterocycles. The van der Waals surface area contributed by atoms with Gasteiger partial charge in [0.05, 0.1) is 16.7 Å². The van der Waals surface area contributed by atoms with Crippen LogP contribution in [0.1, 0.15) is 17.3 Å². The lowest BCUT2D eigenvalue weighted by atomic mass is 10.1. The van der Waals surface area contributed by atoms with E-state index in [1.165, 1.54) is 23.1 Å². The van der Waals surface area contributed by atoms with Gasteiger partial charge >= 0.3 is 0 Å². The zero-order valence-electron chi connectivity index (χ0n) is 14.4. The third-order valence-electron chi connectivity index (χ3n) is 4.55. The number of hydrogen-bond acceptors (Lipinski definition) is 4. The number of rotatable bonds is 3. The largest absolute Gasteiger partial charge is 0.365 e. The summed E-state index contributed by atoms with van der Waals surface area (Å²) < 4.78 is 42.0. The van der Waals surface area contributed by atoms with Crippen molar-refractivity contribution in [1.29, 1.82) is 0 Å². The Hall–Kier alpha value is -3.10. The molecule has 1 aliphatic rings. The predicted octanol–water partition coefficient (Wildman–Crippen LogP) is 3.36. The summed E-state index contributed by atoms with van der Waals surface area (Å²) in [5, 5.41) is 10.7. The van der Waals surface area contributed by atoms with Crippen LogP contribution in [0.2, 0.25) is 0 Å². The maximum absolute atomic E-state index is 14.2. The second kappa shape index (κ2) is 7.26. The first-order valence-electron chi connectivity index (χ1n) is 8.23. The van der Waals surface area contributed by atoms with Gasteiger partial charge in [-0.15, -0.1) is 0 Å². The fourth-order valence-corrected chi connectivity index (χ4v) is 3.19. The standard InChI is InChI=1S/C18H16F3N3O3/c1-11-10-22(16-6-5-12(24(26)27)9-15(16)21)7-8-23(11)18(25)17-13(19)3-2-4-14(17)20/h2-6,9,11H,7-8,10H2,1H3/t11-/m1/s1. The normalized spacial score (nSPS) is 17.1. The minimum absolute atomic E-state index is 0.129. The molecule has 1 amide bonds. The molecule has 0 aliphatic carbocycles. The SMILES string of the molecule is C[C@@H]1CN(c2ccc([N+](=O)[O-])cc2F)CCN1C(=O)c1c(F)cccc1F. The highest BCUT2D eigenvalue weighted by Gasteiger charge is 2.32. The molecule has 1 saturated heterocycles. The van der Waals surface area contributed by atoms with Gasteiger partial charge in [0, 0.05) is 31.7 Å². The molecular formula is C18H16F3N3O3. The van der Waals surface area contributed by atoms with E-state index in [4.69, 9.17) is 0 Å². The molecule has 0 bridgehead atoms. The van der Waals surface area contributed by atoms with Gasteiger partial charge in [-0.05, 0) is 25.1 Å². The highest BCUT2D eigenvalue weighted by Crippen LogP contribution is 2.27. The average Bonchev–Trinajstić information content (AvgIpc) is 2.61. The number of carbonyl (C=O) groups excluding carboxylic acids is 1. The number of benzene rings is 2. The molecule has 0 spiro atoms. The molecule has 2 aromatic rings. The lowest BCUT2D eigenvalue weighted by molar-refractivity contribution is -0.385. The van der Waals surface area contributed by atoms with E-state index in [-0.39, 0.29) is 31.0 Å². The summed E-state index contributed by atoms with van der Waals surface area (Å²) in [6, 6.07) is 6.13. The summed E-state index contributed by atoms with van der Waals surface area (Å²) in [4.78, 5) is 25.6. The fourth-order valence-electron chi connectivity index (χ4n) is 3.19. The van der Waals surface area contributed by atoms with Crippen LogP contribution in [0, 0.1) is 27.6 Å². The van der Waals surface area contributed by atoms with E-state index in [1.807, 2.05) is 0 Å². The molecule has 1 heterocycles. The van der Waals surface area contributed by atoms with E-state index in [1.54, 1.807) is 11.8 Å². The monoisotopic (exact) mass is 379 g/mol. The summed E-state index contributed by atoms with van der Waals surface area (Å²) in [6.07, 6.45) is 0. The van der Waals surface area contributed by atoms with Crippen LogP contribution in [0.3, 0.4) is 0 Å². The van der Waals surface area contributed by atoms with Crippen molar-refractivity contribution in [2.45, 2.75) is 13.0 Å². The highest BCUT2D eigenvalue weighted by molar-refractivity contribution is 5.95. The molecule has 0 aromatic heterocycles. The van der Waals surface area contributed by atoms with E-state index in [0.29, 0.717) is 0 Å². The Morgan fingerprint density at radius 2 is 1.78 bits per heavy atom. The van der Waals surface area contributed by atoms with Gasteiger partial charge in [-0.1, -0.05) is 6.07 Å². The van der Waals surface area contributed by atoms with Gasteiger partial charge in [0.1, 0.15) is 17.2 Å². The maximum Gasteiger partial charge on any atom is 0.272 e. The molecule has 0 radical (unpaired) electrons. The van der Waals surface area contributed by atoms with Crippen molar-refractivity contribution in [3.63, 3.8) is 0 Å². The second-order valence-corrected chi connectivity index (χ2v) is 6.28. The Balaban J connectivity index is 1.78. The van der Waals surface area contributed by atoms with Crippen LogP contribution in [0.4, 0.5) is 24.5 Å². The number of piperazine rings is 1. The van der Waals surface area contributed by atoms with Crippen LogP contribution < -0.4 is 4.90 Å².